The van der Waals surface area contributed by atoms with Crippen LogP contribution >= 0.6 is 0 Å². The maximum atomic E-state index is 13.0. The van der Waals surface area contributed by atoms with Crippen LogP contribution in [0.25, 0.3) is 11.0 Å². The Balaban J connectivity index is 1.99. The van der Waals surface area contributed by atoms with Gasteiger partial charge in [0, 0.05) is 18.1 Å². The number of fused-ring (bicyclic) bond motifs is 1. The zero-order chi connectivity index (χ0) is 11.8. The molecule has 2 aromatic rings. The van der Waals surface area contributed by atoms with Crippen molar-refractivity contribution >= 4 is 11.0 Å². The van der Waals surface area contributed by atoms with E-state index in [1.165, 1.54) is 18.1 Å². The highest BCUT2D eigenvalue weighted by Gasteiger charge is 2.22. The Labute approximate surface area is 99.4 Å². The third kappa shape index (κ3) is 1.93. The van der Waals surface area contributed by atoms with Crippen molar-refractivity contribution in [1.29, 1.82) is 0 Å². The number of H-pyrrole nitrogens is 1. The second-order valence-electron chi connectivity index (χ2n) is 4.97. The molecule has 0 radical (unpaired) electrons. The van der Waals surface area contributed by atoms with Crippen LogP contribution in [-0.4, -0.2) is 23.1 Å². The largest absolute Gasteiger partial charge is 0.346 e. The van der Waals surface area contributed by atoms with Gasteiger partial charge < -0.3 is 10.3 Å². The Kier molecular flexibility index (Phi) is 2.59. The van der Waals surface area contributed by atoms with Crippen LogP contribution in [0.3, 0.4) is 0 Å². The van der Waals surface area contributed by atoms with Gasteiger partial charge in [-0.3, -0.25) is 0 Å². The Morgan fingerprint density at radius 1 is 1.35 bits per heavy atom. The van der Waals surface area contributed by atoms with Crippen LogP contribution < -0.4 is 5.32 Å². The molecule has 90 valence electrons. The van der Waals surface area contributed by atoms with E-state index in [1.807, 2.05) is 12.3 Å². The lowest BCUT2D eigenvalue weighted by Crippen LogP contribution is -2.33. The molecule has 2 aromatic heterocycles. The highest BCUT2D eigenvalue weighted by molar-refractivity contribution is 5.80. The predicted molar refractivity (Wildman–Crippen MR) is 65.4 cm³/mol. The first kappa shape index (κ1) is 10.7. The molecular weight excluding hydrogens is 217 g/mol. The molecule has 0 aromatic carbocycles. The number of halogens is 1. The minimum atomic E-state index is -0.430. The first-order chi connectivity index (χ1) is 8.24. The highest BCUT2D eigenvalue weighted by atomic mass is 19.1. The summed E-state index contributed by atoms with van der Waals surface area (Å²) in [6.45, 7) is 4.34. The summed E-state index contributed by atoms with van der Waals surface area (Å²) in [5.74, 6) is 0.757. The van der Waals surface area contributed by atoms with Crippen LogP contribution in [0.5, 0.6) is 0 Å². The summed E-state index contributed by atoms with van der Waals surface area (Å²) in [6, 6.07) is 3.25. The number of aromatic amines is 1. The molecule has 1 saturated heterocycles. The maximum absolute atomic E-state index is 13.0. The van der Waals surface area contributed by atoms with Crippen LogP contribution in [0.15, 0.2) is 18.3 Å². The highest BCUT2D eigenvalue weighted by Crippen LogP contribution is 2.31. The normalized spacial score (nSPS) is 25.3. The fourth-order valence-electron chi connectivity index (χ4n) is 2.73. The first-order valence-electron chi connectivity index (χ1n) is 6.08. The number of nitrogens with zero attached hydrogens (tertiary/aromatic N) is 1. The molecule has 3 rings (SSSR count). The molecule has 0 spiro atoms. The van der Waals surface area contributed by atoms with Gasteiger partial charge in [-0.15, -0.1) is 0 Å². The van der Waals surface area contributed by atoms with Crippen molar-refractivity contribution in [3.05, 3.63) is 29.8 Å². The molecule has 4 heteroatoms. The van der Waals surface area contributed by atoms with Gasteiger partial charge in [-0.1, -0.05) is 6.92 Å². The van der Waals surface area contributed by atoms with Crippen molar-refractivity contribution in [1.82, 2.24) is 15.3 Å². The third-order valence-electron chi connectivity index (χ3n) is 3.55. The van der Waals surface area contributed by atoms with E-state index in [9.17, 15) is 4.39 Å². The summed E-state index contributed by atoms with van der Waals surface area (Å²) >= 11 is 0. The number of hydrogen-bond donors (Lipinski definition) is 2. The van der Waals surface area contributed by atoms with Crippen molar-refractivity contribution in [3.63, 3.8) is 0 Å². The van der Waals surface area contributed by atoms with Crippen LogP contribution in [-0.2, 0) is 0 Å². The number of aromatic nitrogens is 2. The summed E-state index contributed by atoms with van der Waals surface area (Å²) < 4.78 is 13.0. The lowest BCUT2D eigenvalue weighted by atomic mass is 9.86. The average molecular weight is 233 g/mol. The van der Waals surface area contributed by atoms with Crippen molar-refractivity contribution in [2.45, 2.75) is 19.3 Å². The molecule has 0 saturated carbocycles. The molecule has 1 fully saturated rings. The molecule has 0 bridgehead atoms. The molecule has 3 heterocycles. The smallest absolute Gasteiger partial charge is 0.214 e. The van der Waals surface area contributed by atoms with Crippen LogP contribution in [0.2, 0.25) is 0 Å². The van der Waals surface area contributed by atoms with E-state index >= 15 is 0 Å². The van der Waals surface area contributed by atoms with E-state index in [0.29, 0.717) is 17.5 Å². The maximum Gasteiger partial charge on any atom is 0.214 e. The fourth-order valence-corrected chi connectivity index (χ4v) is 2.73. The lowest BCUT2D eigenvalue weighted by Gasteiger charge is -2.27. The van der Waals surface area contributed by atoms with Crippen molar-refractivity contribution < 1.29 is 4.39 Å². The predicted octanol–water partition coefficient (Wildman–Crippen LogP) is 2.42. The second-order valence-corrected chi connectivity index (χ2v) is 4.97. The summed E-state index contributed by atoms with van der Waals surface area (Å²) in [4.78, 5) is 6.93. The van der Waals surface area contributed by atoms with Gasteiger partial charge in [-0.25, -0.2) is 4.98 Å². The minimum Gasteiger partial charge on any atom is -0.346 e. The van der Waals surface area contributed by atoms with Crippen molar-refractivity contribution in [2.75, 3.05) is 13.1 Å². The number of rotatable bonds is 1. The molecule has 3 nitrogen and oxygen atoms in total. The van der Waals surface area contributed by atoms with Gasteiger partial charge in [-0.2, -0.15) is 4.39 Å². The summed E-state index contributed by atoms with van der Waals surface area (Å²) in [5, 5.41) is 4.49. The Morgan fingerprint density at radius 3 is 3.06 bits per heavy atom. The summed E-state index contributed by atoms with van der Waals surface area (Å²) in [7, 11) is 0. The molecule has 1 aliphatic heterocycles. The molecule has 0 amide bonds. The number of pyridine rings is 1. The lowest BCUT2D eigenvalue weighted by molar-refractivity contribution is 0.365. The van der Waals surface area contributed by atoms with E-state index in [4.69, 9.17) is 0 Å². The van der Waals surface area contributed by atoms with Crippen LogP contribution in [0.4, 0.5) is 4.39 Å². The molecule has 17 heavy (non-hydrogen) atoms. The second kappa shape index (κ2) is 4.11. The first-order valence-corrected chi connectivity index (χ1v) is 6.08. The quantitative estimate of drug-likeness (QED) is 0.743. The standard InChI is InChI=1S/C13H16FN3/c1-8-4-9(6-15-5-8)11-7-16-13-10(11)2-3-12(14)17-13/h2-3,7-9,15H,4-6H2,1H3,(H,16,17)/t8-,9+/m1/s1. The number of hydrogen-bond acceptors (Lipinski definition) is 2. The SMILES string of the molecule is C[C@H]1CNC[C@@H](c2c[nH]c3nc(F)ccc23)C1. The zero-order valence-electron chi connectivity index (χ0n) is 9.83. The van der Waals surface area contributed by atoms with E-state index < -0.39 is 5.95 Å². The Bertz CT molecular complexity index is 534. The minimum absolute atomic E-state index is 0.430. The molecule has 2 N–H and O–H groups in total. The zero-order valence-corrected chi connectivity index (χ0v) is 9.83. The van der Waals surface area contributed by atoms with Crippen molar-refractivity contribution in [2.24, 2.45) is 5.92 Å². The molecule has 0 unspecified atom stereocenters. The molecule has 0 aliphatic carbocycles. The summed E-state index contributed by atoms with van der Waals surface area (Å²) in [5.41, 5.74) is 1.91. The van der Waals surface area contributed by atoms with E-state index in [-0.39, 0.29) is 0 Å². The fraction of sp³-hybridized carbons (Fsp3) is 0.462. The van der Waals surface area contributed by atoms with Gasteiger partial charge in [0.05, 0.1) is 0 Å². The van der Waals surface area contributed by atoms with Gasteiger partial charge in [0.25, 0.3) is 0 Å². The third-order valence-corrected chi connectivity index (χ3v) is 3.55. The van der Waals surface area contributed by atoms with Gasteiger partial charge >= 0.3 is 0 Å². The monoisotopic (exact) mass is 233 g/mol. The van der Waals surface area contributed by atoms with E-state index in [0.717, 1.165) is 18.5 Å². The van der Waals surface area contributed by atoms with E-state index in [2.05, 4.69) is 22.2 Å². The van der Waals surface area contributed by atoms with Crippen LogP contribution in [0, 0.1) is 11.9 Å². The number of nitrogens with one attached hydrogen (secondary N) is 2. The van der Waals surface area contributed by atoms with Gasteiger partial charge in [0.15, 0.2) is 0 Å². The van der Waals surface area contributed by atoms with Gasteiger partial charge in [-0.05, 0) is 42.5 Å². The Morgan fingerprint density at radius 2 is 2.24 bits per heavy atom. The topological polar surface area (TPSA) is 40.7 Å². The molecule has 2 atom stereocenters. The molecule has 1 aliphatic rings. The van der Waals surface area contributed by atoms with Crippen molar-refractivity contribution in [3.8, 4) is 0 Å². The average Bonchev–Trinajstić information content (AvgIpc) is 2.71. The molecular formula is C13H16FN3. The van der Waals surface area contributed by atoms with Gasteiger partial charge in [0.1, 0.15) is 5.65 Å². The van der Waals surface area contributed by atoms with E-state index in [1.54, 1.807) is 0 Å². The van der Waals surface area contributed by atoms with Gasteiger partial charge in [0.2, 0.25) is 5.95 Å². The number of piperidine rings is 1. The Hall–Kier alpha value is -1.42. The summed E-state index contributed by atoms with van der Waals surface area (Å²) in [6.07, 6.45) is 3.15. The van der Waals surface area contributed by atoms with Crippen LogP contribution in [0.1, 0.15) is 24.8 Å².